The number of aromatic nitrogens is 2. The first-order valence-corrected chi connectivity index (χ1v) is 11.9. The molecule has 0 unspecified atom stereocenters. The molecule has 0 aliphatic carbocycles. The summed E-state index contributed by atoms with van der Waals surface area (Å²) in [5.74, 6) is 0.0644. The highest BCUT2D eigenvalue weighted by Crippen LogP contribution is 2.20. The summed E-state index contributed by atoms with van der Waals surface area (Å²) < 4.78 is 7.06. The molecular formula is C28H32N4O3. The van der Waals surface area contributed by atoms with Gasteiger partial charge in [0.2, 0.25) is 5.95 Å². The Morgan fingerprint density at radius 2 is 1.86 bits per heavy atom. The first-order valence-electron chi connectivity index (χ1n) is 11.9. The molecule has 3 aromatic rings. The van der Waals surface area contributed by atoms with Gasteiger partial charge in [-0.15, -0.1) is 0 Å². The molecule has 182 valence electrons. The molecule has 0 saturated heterocycles. The van der Waals surface area contributed by atoms with Crippen molar-refractivity contribution in [3.05, 3.63) is 81.6 Å². The van der Waals surface area contributed by atoms with Gasteiger partial charge in [0.05, 0.1) is 29.4 Å². The number of unbranched alkanes of at least 4 members (excludes halogenated alkanes) is 2. The van der Waals surface area contributed by atoms with E-state index >= 15 is 0 Å². The van der Waals surface area contributed by atoms with E-state index in [0.717, 1.165) is 30.4 Å². The molecule has 0 atom stereocenters. The molecule has 0 radical (unpaired) electrons. The van der Waals surface area contributed by atoms with Gasteiger partial charge in [-0.1, -0.05) is 44.0 Å². The van der Waals surface area contributed by atoms with Crippen LogP contribution in [0.25, 0.3) is 11.3 Å². The number of benzene rings is 2. The second-order valence-electron chi connectivity index (χ2n) is 9.41. The number of anilines is 1. The molecule has 3 rings (SSSR count). The number of nitriles is 1. The van der Waals surface area contributed by atoms with E-state index in [1.807, 2.05) is 26.8 Å². The lowest BCUT2D eigenvalue weighted by Gasteiger charge is -2.20. The number of nitrogens with zero attached hydrogens (tertiary/aromatic N) is 3. The van der Waals surface area contributed by atoms with Crippen molar-refractivity contribution in [2.24, 2.45) is 0 Å². The summed E-state index contributed by atoms with van der Waals surface area (Å²) in [7, 11) is 0. The molecule has 7 nitrogen and oxygen atoms in total. The van der Waals surface area contributed by atoms with Crippen LogP contribution in [-0.2, 0) is 11.3 Å². The maximum absolute atomic E-state index is 13.2. The second-order valence-corrected chi connectivity index (χ2v) is 9.41. The SMILES string of the molecule is CCCCCNc1nc(-c2ccc(C#N)cc2)cc(=O)n1Cc1cccc(C(=O)OC(C)(C)C)c1. The van der Waals surface area contributed by atoms with Crippen LogP contribution in [0, 0.1) is 11.3 Å². The minimum Gasteiger partial charge on any atom is -0.456 e. The molecule has 0 saturated carbocycles. The molecule has 0 aliphatic rings. The van der Waals surface area contributed by atoms with Crippen molar-refractivity contribution in [2.45, 2.75) is 59.1 Å². The van der Waals surface area contributed by atoms with Crippen molar-refractivity contribution in [1.82, 2.24) is 9.55 Å². The van der Waals surface area contributed by atoms with Crippen molar-refractivity contribution < 1.29 is 9.53 Å². The predicted molar refractivity (Wildman–Crippen MR) is 137 cm³/mol. The average Bonchev–Trinajstić information content (AvgIpc) is 2.82. The molecule has 1 aromatic heterocycles. The van der Waals surface area contributed by atoms with Crippen LogP contribution in [0.15, 0.2) is 59.4 Å². The molecule has 0 bridgehead atoms. The van der Waals surface area contributed by atoms with Gasteiger partial charge in [0.1, 0.15) is 5.60 Å². The van der Waals surface area contributed by atoms with Gasteiger partial charge in [-0.25, -0.2) is 9.78 Å². The normalized spacial score (nSPS) is 11.1. The maximum Gasteiger partial charge on any atom is 0.338 e. The van der Waals surface area contributed by atoms with Crippen LogP contribution in [0.5, 0.6) is 0 Å². The average molecular weight is 473 g/mol. The van der Waals surface area contributed by atoms with Crippen LogP contribution < -0.4 is 10.9 Å². The van der Waals surface area contributed by atoms with E-state index in [2.05, 4.69) is 18.3 Å². The van der Waals surface area contributed by atoms with Crippen LogP contribution in [0.4, 0.5) is 5.95 Å². The molecule has 2 aromatic carbocycles. The lowest BCUT2D eigenvalue weighted by atomic mass is 10.1. The van der Waals surface area contributed by atoms with Gasteiger partial charge in [0, 0.05) is 18.2 Å². The number of rotatable bonds is 9. The number of ether oxygens (including phenoxy) is 1. The Kier molecular flexibility index (Phi) is 8.43. The van der Waals surface area contributed by atoms with Crippen molar-refractivity contribution >= 4 is 11.9 Å². The van der Waals surface area contributed by atoms with Gasteiger partial charge < -0.3 is 10.1 Å². The summed E-state index contributed by atoms with van der Waals surface area (Å²) in [5.41, 5.74) is 2.27. The maximum atomic E-state index is 13.2. The molecule has 7 heteroatoms. The Morgan fingerprint density at radius 3 is 2.51 bits per heavy atom. The van der Waals surface area contributed by atoms with Crippen LogP contribution in [0.3, 0.4) is 0 Å². The molecule has 0 spiro atoms. The van der Waals surface area contributed by atoms with Crippen LogP contribution >= 0.6 is 0 Å². The summed E-state index contributed by atoms with van der Waals surface area (Å²) in [6, 6.07) is 17.7. The fourth-order valence-corrected chi connectivity index (χ4v) is 3.55. The monoisotopic (exact) mass is 472 g/mol. The fraction of sp³-hybridized carbons (Fsp3) is 0.357. The quantitative estimate of drug-likeness (QED) is 0.331. The van der Waals surface area contributed by atoms with Gasteiger partial charge in [0.25, 0.3) is 5.56 Å². The van der Waals surface area contributed by atoms with E-state index in [4.69, 9.17) is 15.0 Å². The van der Waals surface area contributed by atoms with E-state index in [0.29, 0.717) is 29.3 Å². The van der Waals surface area contributed by atoms with E-state index in [-0.39, 0.29) is 12.1 Å². The number of carbonyl (C=O) groups excluding carboxylic acids is 1. The molecular weight excluding hydrogens is 440 g/mol. The molecule has 1 N–H and O–H groups in total. The zero-order chi connectivity index (χ0) is 25.4. The minimum absolute atomic E-state index is 0.208. The van der Waals surface area contributed by atoms with Crippen LogP contribution in [-0.4, -0.2) is 27.7 Å². The van der Waals surface area contributed by atoms with Gasteiger partial charge in [-0.05, 0) is 57.0 Å². The molecule has 1 heterocycles. The lowest BCUT2D eigenvalue weighted by Crippen LogP contribution is -2.26. The Hall–Kier alpha value is -3.92. The summed E-state index contributed by atoms with van der Waals surface area (Å²) in [4.78, 5) is 30.4. The van der Waals surface area contributed by atoms with Gasteiger partial charge in [-0.3, -0.25) is 9.36 Å². The van der Waals surface area contributed by atoms with E-state index in [1.54, 1.807) is 47.0 Å². The first-order chi connectivity index (χ1) is 16.7. The lowest BCUT2D eigenvalue weighted by molar-refractivity contribution is 0.00694. The fourth-order valence-electron chi connectivity index (χ4n) is 3.55. The summed E-state index contributed by atoms with van der Waals surface area (Å²) in [5, 5.41) is 12.4. The Labute approximate surface area is 206 Å². The first kappa shape index (κ1) is 25.7. The minimum atomic E-state index is -0.592. The Morgan fingerprint density at radius 1 is 1.11 bits per heavy atom. The number of nitrogens with one attached hydrogen (secondary N) is 1. The molecule has 0 amide bonds. The Bertz CT molecular complexity index is 1270. The molecule has 35 heavy (non-hydrogen) atoms. The van der Waals surface area contributed by atoms with Crippen LogP contribution in [0.2, 0.25) is 0 Å². The Balaban J connectivity index is 1.94. The third kappa shape index (κ3) is 7.28. The number of hydrogen-bond acceptors (Lipinski definition) is 6. The smallest absolute Gasteiger partial charge is 0.338 e. The second kappa shape index (κ2) is 11.5. The third-order valence-electron chi connectivity index (χ3n) is 5.28. The number of esters is 1. The van der Waals surface area contributed by atoms with Crippen molar-refractivity contribution in [2.75, 3.05) is 11.9 Å². The summed E-state index contributed by atoms with van der Waals surface area (Å²) in [6.07, 6.45) is 3.12. The van der Waals surface area contributed by atoms with Gasteiger partial charge in [0.15, 0.2) is 0 Å². The topological polar surface area (TPSA) is 97.0 Å². The van der Waals surface area contributed by atoms with E-state index in [9.17, 15) is 9.59 Å². The van der Waals surface area contributed by atoms with Crippen molar-refractivity contribution in [3.63, 3.8) is 0 Å². The zero-order valence-corrected chi connectivity index (χ0v) is 20.8. The molecule has 0 fully saturated rings. The largest absolute Gasteiger partial charge is 0.456 e. The van der Waals surface area contributed by atoms with E-state index < -0.39 is 11.6 Å². The highest BCUT2D eigenvalue weighted by molar-refractivity contribution is 5.89. The van der Waals surface area contributed by atoms with E-state index in [1.165, 1.54) is 6.07 Å². The zero-order valence-electron chi connectivity index (χ0n) is 20.8. The summed E-state index contributed by atoms with van der Waals surface area (Å²) >= 11 is 0. The van der Waals surface area contributed by atoms with Gasteiger partial charge in [-0.2, -0.15) is 5.26 Å². The summed E-state index contributed by atoms with van der Waals surface area (Å²) in [6.45, 7) is 8.56. The molecule has 0 aliphatic heterocycles. The van der Waals surface area contributed by atoms with Crippen molar-refractivity contribution in [3.8, 4) is 17.3 Å². The number of hydrogen-bond donors (Lipinski definition) is 1. The van der Waals surface area contributed by atoms with Gasteiger partial charge >= 0.3 is 5.97 Å². The standard InChI is InChI=1S/C28H32N4O3/c1-5-6-7-15-30-27-31-24(22-13-11-20(18-29)12-14-22)17-25(33)32(27)19-21-9-8-10-23(16-21)26(34)35-28(2,3)4/h8-14,16-17H,5-7,15,19H2,1-4H3,(H,30,31). The third-order valence-corrected chi connectivity index (χ3v) is 5.28. The highest BCUT2D eigenvalue weighted by Gasteiger charge is 2.18. The highest BCUT2D eigenvalue weighted by atomic mass is 16.6. The number of carbonyl (C=O) groups is 1. The van der Waals surface area contributed by atoms with Crippen molar-refractivity contribution in [1.29, 1.82) is 5.26 Å². The van der Waals surface area contributed by atoms with Crippen LogP contribution in [0.1, 0.15) is 68.4 Å². The predicted octanol–water partition coefficient (Wildman–Crippen LogP) is 5.39.